The summed E-state index contributed by atoms with van der Waals surface area (Å²) < 4.78 is 10.4. The maximum absolute atomic E-state index is 11.6. The Morgan fingerprint density at radius 2 is 2.22 bits per heavy atom. The Labute approximate surface area is 108 Å². The summed E-state index contributed by atoms with van der Waals surface area (Å²) in [5, 5.41) is 0. The lowest BCUT2D eigenvalue weighted by Gasteiger charge is -2.13. The topological polar surface area (TPSA) is 35.5 Å². The van der Waals surface area contributed by atoms with Gasteiger partial charge < -0.3 is 9.47 Å². The standard InChI is InChI=1S/C15H20O3/c1-4-18-15(16)9-12-6-5-11-8-14(17-3)10(2)7-13(11)12/h7-8,12H,4-6,9H2,1-3H3. The van der Waals surface area contributed by atoms with Crippen LogP contribution in [0, 0.1) is 6.92 Å². The molecule has 18 heavy (non-hydrogen) atoms. The second-order valence-corrected chi connectivity index (χ2v) is 4.77. The minimum Gasteiger partial charge on any atom is -0.496 e. The SMILES string of the molecule is CCOC(=O)CC1CCc2cc(OC)c(C)cc21. The molecule has 0 N–H and O–H groups in total. The van der Waals surface area contributed by atoms with Crippen molar-refractivity contribution in [3.8, 4) is 5.75 Å². The molecular formula is C15H20O3. The number of benzene rings is 1. The molecule has 1 aromatic rings. The maximum atomic E-state index is 11.6. The van der Waals surface area contributed by atoms with Crippen LogP contribution in [-0.4, -0.2) is 19.7 Å². The van der Waals surface area contributed by atoms with Gasteiger partial charge in [-0.2, -0.15) is 0 Å². The Hall–Kier alpha value is -1.51. The molecule has 1 aliphatic carbocycles. The number of ether oxygens (including phenoxy) is 2. The molecule has 0 saturated heterocycles. The molecule has 1 unspecified atom stereocenters. The van der Waals surface area contributed by atoms with Crippen molar-refractivity contribution in [1.82, 2.24) is 0 Å². The number of hydrogen-bond donors (Lipinski definition) is 0. The molecule has 0 bridgehead atoms. The summed E-state index contributed by atoms with van der Waals surface area (Å²) in [6.07, 6.45) is 2.55. The Kier molecular flexibility index (Phi) is 3.90. The highest BCUT2D eigenvalue weighted by Gasteiger charge is 2.26. The fourth-order valence-electron chi connectivity index (χ4n) is 2.69. The molecule has 3 nitrogen and oxygen atoms in total. The van der Waals surface area contributed by atoms with Gasteiger partial charge in [0.15, 0.2) is 0 Å². The van der Waals surface area contributed by atoms with Crippen molar-refractivity contribution in [3.63, 3.8) is 0 Å². The normalized spacial score (nSPS) is 17.4. The van der Waals surface area contributed by atoms with Crippen molar-refractivity contribution < 1.29 is 14.3 Å². The lowest BCUT2D eigenvalue weighted by molar-refractivity contribution is -0.143. The average molecular weight is 248 g/mol. The largest absolute Gasteiger partial charge is 0.496 e. The van der Waals surface area contributed by atoms with E-state index < -0.39 is 0 Å². The van der Waals surface area contributed by atoms with E-state index in [4.69, 9.17) is 9.47 Å². The molecule has 0 radical (unpaired) electrons. The van der Waals surface area contributed by atoms with E-state index in [2.05, 4.69) is 12.1 Å². The van der Waals surface area contributed by atoms with Gasteiger partial charge in [0.1, 0.15) is 5.75 Å². The van der Waals surface area contributed by atoms with Gasteiger partial charge in [-0.25, -0.2) is 0 Å². The maximum Gasteiger partial charge on any atom is 0.306 e. The van der Waals surface area contributed by atoms with Crippen LogP contribution in [0.4, 0.5) is 0 Å². The first kappa shape index (κ1) is 12.9. The summed E-state index contributed by atoms with van der Waals surface area (Å²) in [7, 11) is 1.69. The number of aryl methyl sites for hydroxylation is 2. The van der Waals surface area contributed by atoms with E-state index >= 15 is 0 Å². The highest BCUT2D eigenvalue weighted by atomic mass is 16.5. The van der Waals surface area contributed by atoms with Crippen LogP contribution in [0.5, 0.6) is 5.75 Å². The quantitative estimate of drug-likeness (QED) is 0.768. The number of carbonyl (C=O) groups is 1. The predicted octanol–water partition coefficient (Wildman–Crippen LogP) is 2.99. The van der Waals surface area contributed by atoms with Gasteiger partial charge in [-0.15, -0.1) is 0 Å². The van der Waals surface area contributed by atoms with E-state index in [1.54, 1.807) is 7.11 Å². The summed E-state index contributed by atoms with van der Waals surface area (Å²) >= 11 is 0. The number of fused-ring (bicyclic) bond motifs is 1. The van der Waals surface area contributed by atoms with Crippen molar-refractivity contribution in [1.29, 1.82) is 0 Å². The van der Waals surface area contributed by atoms with Crippen molar-refractivity contribution in [3.05, 3.63) is 28.8 Å². The van der Waals surface area contributed by atoms with Crippen LogP contribution >= 0.6 is 0 Å². The first-order chi connectivity index (χ1) is 8.65. The summed E-state index contributed by atoms with van der Waals surface area (Å²) in [5.41, 5.74) is 3.74. The second kappa shape index (κ2) is 5.42. The fourth-order valence-corrected chi connectivity index (χ4v) is 2.69. The van der Waals surface area contributed by atoms with Crippen LogP contribution < -0.4 is 4.74 Å². The number of rotatable bonds is 4. The zero-order valence-electron chi connectivity index (χ0n) is 11.3. The second-order valence-electron chi connectivity index (χ2n) is 4.77. The minimum atomic E-state index is -0.0937. The fraction of sp³-hybridized carbons (Fsp3) is 0.533. The molecule has 0 aliphatic heterocycles. The Morgan fingerprint density at radius 1 is 1.44 bits per heavy atom. The Balaban J connectivity index is 2.18. The third-order valence-corrected chi connectivity index (χ3v) is 3.58. The predicted molar refractivity (Wildman–Crippen MR) is 70.0 cm³/mol. The number of carbonyl (C=O) groups excluding carboxylic acids is 1. The van der Waals surface area contributed by atoms with Crippen molar-refractivity contribution in [2.45, 2.75) is 39.0 Å². The van der Waals surface area contributed by atoms with E-state index in [1.165, 1.54) is 11.1 Å². The molecular weight excluding hydrogens is 228 g/mol. The summed E-state index contributed by atoms with van der Waals surface area (Å²) in [6, 6.07) is 4.26. The van der Waals surface area contributed by atoms with Gasteiger partial charge in [-0.05, 0) is 55.4 Å². The zero-order chi connectivity index (χ0) is 13.1. The molecule has 1 aromatic carbocycles. The van der Waals surface area contributed by atoms with Crippen LogP contribution in [0.3, 0.4) is 0 Å². The van der Waals surface area contributed by atoms with E-state index in [-0.39, 0.29) is 5.97 Å². The molecule has 2 rings (SSSR count). The Morgan fingerprint density at radius 3 is 2.89 bits per heavy atom. The zero-order valence-corrected chi connectivity index (χ0v) is 11.3. The Bertz CT molecular complexity index is 451. The molecule has 1 aliphatic rings. The third-order valence-electron chi connectivity index (χ3n) is 3.58. The molecule has 0 heterocycles. The van der Waals surface area contributed by atoms with Crippen LogP contribution in [0.25, 0.3) is 0 Å². The van der Waals surface area contributed by atoms with Gasteiger partial charge in [-0.1, -0.05) is 6.07 Å². The van der Waals surface area contributed by atoms with E-state index in [0.29, 0.717) is 18.9 Å². The number of methoxy groups -OCH3 is 1. The van der Waals surface area contributed by atoms with Crippen LogP contribution in [-0.2, 0) is 16.0 Å². The summed E-state index contributed by atoms with van der Waals surface area (Å²) in [6.45, 7) is 4.34. The van der Waals surface area contributed by atoms with Gasteiger partial charge >= 0.3 is 5.97 Å². The molecule has 0 amide bonds. The van der Waals surface area contributed by atoms with Crippen LogP contribution in [0.1, 0.15) is 42.4 Å². The van der Waals surface area contributed by atoms with E-state index in [1.807, 2.05) is 13.8 Å². The molecule has 1 atom stereocenters. The van der Waals surface area contributed by atoms with Gasteiger partial charge in [-0.3, -0.25) is 4.79 Å². The monoisotopic (exact) mass is 248 g/mol. The van der Waals surface area contributed by atoms with Crippen LogP contribution in [0.2, 0.25) is 0 Å². The lowest BCUT2D eigenvalue weighted by atomic mass is 9.96. The molecule has 0 saturated carbocycles. The lowest BCUT2D eigenvalue weighted by Crippen LogP contribution is -2.08. The summed E-state index contributed by atoms with van der Waals surface area (Å²) in [5.74, 6) is 1.15. The molecule has 3 heteroatoms. The molecule has 98 valence electrons. The third kappa shape index (κ3) is 2.50. The smallest absolute Gasteiger partial charge is 0.306 e. The van der Waals surface area contributed by atoms with E-state index in [0.717, 1.165) is 24.2 Å². The van der Waals surface area contributed by atoms with Crippen molar-refractivity contribution in [2.75, 3.05) is 13.7 Å². The average Bonchev–Trinajstić information content (AvgIpc) is 2.71. The number of esters is 1. The minimum absolute atomic E-state index is 0.0937. The first-order valence-corrected chi connectivity index (χ1v) is 6.48. The highest BCUT2D eigenvalue weighted by Crippen LogP contribution is 2.38. The molecule has 0 spiro atoms. The van der Waals surface area contributed by atoms with Gasteiger partial charge in [0.25, 0.3) is 0 Å². The number of hydrogen-bond acceptors (Lipinski definition) is 3. The van der Waals surface area contributed by atoms with Gasteiger partial charge in [0, 0.05) is 0 Å². The van der Waals surface area contributed by atoms with E-state index in [9.17, 15) is 4.79 Å². The molecule has 0 fully saturated rings. The first-order valence-electron chi connectivity index (χ1n) is 6.48. The summed E-state index contributed by atoms with van der Waals surface area (Å²) in [4.78, 5) is 11.6. The molecule has 0 aromatic heterocycles. The van der Waals surface area contributed by atoms with Crippen molar-refractivity contribution in [2.24, 2.45) is 0 Å². The van der Waals surface area contributed by atoms with Gasteiger partial charge in [0.05, 0.1) is 20.1 Å². The van der Waals surface area contributed by atoms with Gasteiger partial charge in [0.2, 0.25) is 0 Å². The highest BCUT2D eigenvalue weighted by molar-refractivity contribution is 5.71. The van der Waals surface area contributed by atoms with Crippen molar-refractivity contribution >= 4 is 5.97 Å². The van der Waals surface area contributed by atoms with Crippen LogP contribution in [0.15, 0.2) is 12.1 Å².